The summed E-state index contributed by atoms with van der Waals surface area (Å²) >= 11 is 6.00. The van der Waals surface area contributed by atoms with Gasteiger partial charge in [0, 0.05) is 25.0 Å². The van der Waals surface area contributed by atoms with E-state index < -0.39 is 10.0 Å². The van der Waals surface area contributed by atoms with E-state index in [1.807, 2.05) is 0 Å². The van der Waals surface area contributed by atoms with Crippen LogP contribution in [0.2, 0.25) is 5.02 Å². The van der Waals surface area contributed by atoms with Gasteiger partial charge in [-0.15, -0.1) is 0 Å². The second-order valence-electron chi connectivity index (χ2n) is 5.96. The number of nitrogens with one attached hydrogen (secondary N) is 1. The first-order chi connectivity index (χ1) is 12.4. The number of carbonyl (C=O) groups excluding carboxylic acids is 1. The molecule has 26 heavy (non-hydrogen) atoms. The van der Waals surface area contributed by atoms with Crippen molar-refractivity contribution in [3.05, 3.63) is 53.1 Å². The Balaban J connectivity index is 1.88. The van der Waals surface area contributed by atoms with E-state index in [0.717, 1.165) is 24.1 Å². The summed E-state index contributed by atoms with van der Waals surface area (Å²) in [6, 6.07) is 11.4. The molecule has 3 rings (SSSR count). The molecule has 2 aromatic carbocycles. The number of rotatable bonds is 5. The standard InChI is InChI=1S/C18H19ClN2O4S/c1-25-12-18(22)21-10-4-5-13-11-14(8-9-16(13)21)20-26(23,24)17-7-3-2-6-15(17)19/h2-3,6-9,11,20H,4-5,10,12H2,1H3. The van der Waals surface area contributed by atoms with E-state index in [0.29, 0.717) is 12.2 Å². The van der Waals surface area contributed by atoms with Crippen LogP contribution in [-0.4, -0.2) is 34.6 Å². The molecule has 2 aromatic rings. The fraction of sp³-hybridized carbons (Fsp3) is 0.278. The highest BCUT2D eigenvalue weighted by molar-refractivity contribution is 7.92. The number of amides is 1. The van der Waals surface area contributed by atoms with Crippen LogP contribution in [0.15, 0.2) is 47.4 Å². The van der Waals surface area contributed by atoms with Gasteiger partial charge in [-0.3, -0.25) is 9.52 Å². The molecule has 0 radical (unpaired) electrons. The molecule has 0 bridgehead atoms. The number of benzene rings is 2. The number of halogens is 1. The summed E-state index contributed by atoms with van der Waals surface area (Å²) in [5.41, 5.74) is 2.14. The first-order valence-electron chi connectivity index (χ1n) is 8.12. The summed E-state index contributed by atoms with van der Waals surface area (Å²) in [4.78, 5) is 13.9. The molecule has 0 aliphatic carbocycles. The Hall–Kier alpha value is -2.09. The number of methoxy groups -OCH3 is 1. The predicted octanol–water partition coefficient (Wildman–Crippen LogP) is 3.07. The molecule has 0 saturated heterocycles. The molecule has 1 aliphatic rings. The maximum atomic E-state index is 12.6. The molecule has 1 N–H and O–H groups in total. The van der Waals surface area contributed by atoms with Gasteiger partial charge in [0.2, 0.25) is 0 Å². The van der Waals surface area contributed by atoms with E-state index in [1.165, 1.54) is 19.2 Å². The Kier molecular flexibility index (Phi) is 5.50. The molecule has 1 aliphatic heterocycles. The molecule has 0 fully saturated rings. The Bertz CT molecular complexity index is 931. The summed E-state index contributed by atoms with van der Waals surface area (Å²) in [6.07, 6.45) is 1.58. The van der Waals surface area contributed by atoms with Crippen molar-refractivity contribution in [3.8, 4) is 0 Å². The largest absolute Gasteiger partial charge is 0.375 e. The van der Waals surface area contributed by atoms with E-state index in [2.05, 4.69) is 4.72 Å². The second-order valence-corrected chi connectivity index (χ2v) is 8.02. The number of fused-ring (bicyclic) bond motifs is 1. The van der Waals surface area contributed by atoms with Crippen LogP contribution in [0.5, 0.6) is 0 Å². The van der Waals surface area contributed by atoms with Gasteiger partial charge in [0.15, 0.2) is 0 Å². The lowest BCUT2D eigenvalue weighted by Crippen LogP contribution is -2.37. The van der Waals surface area contributed by atoms with Gasteiger partial charge in [-0.25, -0.2) is 8.42 Å². The molecule has 0 aromatic heterocycles. The van der Waals surface area contributed by atoms with Crippen molar-refractivity contribution < 1.29 is 17.9 Å². The van der Waals surface area contributed by atoms with Crippen molar-refractivity contribution in [1.29, 1.82) is 0 Å². The van der Waals surface area contributed by atoms with Crippen LogP contribution >= 0.6 is 11.6 Å². The van der Waals surface area contributed by atoms with Gasteiger partial charge in [-0.05, 0) is 48.7 Å². The lowest BCUT2D eigenvalue weighted by atomic mass is 10.0. The highest BCUT2D eigenvalue weighted by Crippen LogP contribution is 2.31. The molecule has 6 nitrogen and oxygen atoms in total. The van der Waals surface area contributed by atoms with Crippen molar-refractivity contribution in [1.82, 2.24) is 0 Å². The predicted molar refractivity (Wildman–Crippen MR) is 101 cm³/mol. The zero-order chi connectivity index (χ0) is 18.7. The Morgan fingerprint density at radius 2 is 2.04 bits per heavy atom. The van der Waals surface area contributed by atoms with Gasteiger partial charge in [-0.2, -0.15) is 0 Å². The van der Waals surface area contributed by atoms with Crippen molar-refractivity contribution in [2.24, 2.45) is 0 Å². The Morgan fingerprint density at radius 1 is 1.27 bits per heavy atom. The zero-order valence-corrected chi connectivity index (χ0v) is 15.8. The minimum Gasteiger partial charge on any atom is -0.375 e. The highest BCUT2D eigenvalue weighted by atomic mass is 35.5. The molecule has 0 atom stereocenters. The Morgan fingerprint density at radius 3 is 2.77 bits per heavy atom. The summed E-state index contributed by atoms with van der Waals surface area (Å²) in [6.45, 7) is 0.639. The van der Waals surface area contributed by atoms with Gasteiger partial charge in [0.1, 0.15) is 11.5 Å². The van der Waals surface area contributed by atoms with E-state index in [4.69, 9.17) is 16.3 Å². The fourth-order valence-electron chi connectivity index (χ4n) is 2.99. The highest BCUT2D eigenvalue weighted by Gasteiger charge is 2.24. The molecule has 8 heteroatoms. The van der Waals surface area contributed by atoms with Crippen LogP contribution in [0.1, 0.15) is 12.0 Å². The first kappa shape index (κ1) is 18.7. The number of aryl methyl sites for hydroxylation is 1. The molecule has 0 unspecified atom stereocenters. The molecule has 1 heterocycles. The molecule has 0 saturated carbocycles. The van der Waals surface area contributed by atoms with Gasteiger partial charge in [0.25, 0.3) is 15.9 Å². The van der Waals surface area contributed by atoms with Gasteiger partial charge in [0.05, 0.1) is 5.02 Å². The van der Waals surface area contributed by atoms with Gasteiger partial charge in [-0.1, -0.05) is 23.7 Å². The maximum absolute atomic E-state index is 12.6. The van der Waals surface area contributed by atoms with Crippen molar-refractivity contribution >= 4 is 38.9 Å². The number of nitrogens with zero attached hydrogens (tertiary/aromatic N) is 1. The maximum Gasteiger partial charge on any atom is 0.263 e. The number of ether oxygens (including phenoxy) is 1. The summed E-state index contributed by atoms with van der Waals surface area (Å²) in [5.74, 6) is -0.113. The van der Waals surface area contributed by atoms with E-state index >= 15 is 0 Å². The summed E-state index contributed by atoms with van der Waals surface area (Å²) < 4.78 is 32.6. The molecule has 1 amide bonds. The second kappa shape index (κ2) is 7.65. The number of anilines is 2. The van der Waals surface area contributed by atoms with E-state index in [1.54, 1.807) is 35.2 Å². The van der Waals surface area contributed by atoms with Gasteiger partial charge >= 0.3 is 0 Å². The number of hydrogen-bond donors (Lipinski definition) is 1. The third-order valence-electron chi connectivity index (χ3n) is 4.15. The normalized spacial score (nSPS) is 14.0. The van der Waals surface area contributed by atoms with E-state index in [9.17, 15) is 13.2 Å². The zero-order valence-electron chi connectivity index (χ0n) is 14.2. The average molecular weight is 395 g/mol. The van der Waals surface area contributed by atoms with E-state index in [-0.39, 0.29) is 22.4 Å². The first-order valence-corrected chi connectivity index (χ1v) is 9.98. The Labute approximate surface area is 157 Å². The third kappa shape index (κ3) is 3.85. The van der Waals surface area contributed by atoms with Gasteiger partial charge < -0.3 is 9.64 Å². The SMILES string of the molecule is COCC(=O)N1CCCc2cc(NS(=O)(=O)c3ccccc3Cl)ccc21. The number of carbonyl (C=O) groups is 1. The summed E-state index contributed by atoms with van der Waals surface area (Å²) in [7, 11) is -2.31. The quantitative estimate of drug-likeness (QED) is 0.845. The lowest BCUT2D eigenvalue weighted by Gasteiger charge is -2.29. The summed E-state index contributed by atoms with van der Waals surface area (Å²) in [5, 5.41) is 0.161. The molecular formula is C18H19ClN2O4S. The van der Waals surface area contributed by atoms with Crippen LogP contribution in [0.3, 0.4) is 0 Å². The smallest absolute Gasteiger partial charge is 0.263 e. The topological polar surface area (TPSA) is 75.7 Å². The monoisotopic (exact) mass is 394 g/mol. The molecule has 138 valence electrons. The van der Waals surface area contributed by atoms with Crippen molar-refractivity contribution in [3.63, 3.8) is 0 Å². The van der Waals surface area contributed by atoms with Crippen molar-refractivity contribution in [2.45, 2.75) is 17.7 Å². The van der Waals surface area contributed by atoms with Crippen LogP contribution in [-0.2, 0) is 26.0 Å². The van der Waals surface area contributed by atoms with Crippen molar-refractivity contribution in [2.75, 3.05) is 29.9 Å². The van der Waals surface area contributed by atoms with Crippen LogP contribution in [0, 0.1) is 0 Å². The fourth-order valence-corrected chi connectivity index (χ4v) is 4.56. The minimum absolute atomic E-state index is 0.0142. The number of hydrogen-bond acceptors (Lipinski definition) is 4. The average Bonchev–Trinajstić information content (AvgIpc) is 2.61. The lowest BCUT2D eigenvalue weighted by molar-refractivity contribution is -0.122. The van der Waals surface area contributed by atoms with Crippen LogP contribution in [0.25, 0.3) is 0 Å². The molecule has 0 spiro atoms. The number of sulfonamides is 1. The minimum atomic E-state index is -3.79. The third-order valence-corrected chi connectivity index (χ3v) is 6.03. The van der Waals surface area contributed by atoms with Crippen LogP contribution in [0.4, 0.5) is 11.4 Å². The molecular weight excluding hydrogens is 376 g/mol. The van der Waals surface area contributed by atoms with Crippen LogP contribution < -0.4 is 9.62 Å².